The number of aryl methyl sites for hydroxylation is 1. The lowest BCUT2D eigenvalue weighted by Crippen LogP contribution is -2.23. The van der Waals surface area contributed by atoms with Crippen LogP contribution in [0.15, 0.2) is 76.7 Å². The Morgan fingerprint density at radius 3 is 2.72 bits per heavy atom. The Kier molecular flexibility index (Phi) is 6.80. The van der Waals surface area contributed by atoms with Crippen LogP contribution in [0.2, 0.25) is 0 Å². The van der Waals surface area contributed by atoms with Gasteiger partial charge in [-0.3, -0.25) is 14.2 Å². The Hall–Kier alpha value is -2.85. The number of carbonyl (C=O) groups is 1. The van der Waals surface area contributed by atoms with Crippen molar-refractivity contribution in [3.05, 3.63) is 86.2 Å². The van der Waals surface area contributed by atoms with Crippen molar-refractivity contribution in [2.24, 2.45) is 0 Å². The van der Waals surface area contributed by atoms with E-state index in [1.807, 2.05) is 55.5 Å². The molecule has 6 nitrogen and oxygen atoms in total. The van der Waals surface area contributed by atoms with Crippen molar-refractivity contribution in [2.45, 2.75) is 12.1 Å². The molecule has 3 aromatic carbocycles. The fourth-order valence-corrected chi connectivity index (χ4v) is 4.73. The Bertz CT molecular complexity index is 1370. The summed E-state index contributed by atoms with van der Waals surface area (Å²) in [7, 11) is 1.58. The van der Waals surface area contributed by atoms with Crippen molar-refractivity contribution in [1.29, 1.82) is 0 Å². The van der Waals surface area contributed by atoms with Gasteiger partial charge in [0.05, 0.1) is 29.5 Å². The summed E-state index contributed by atoms with van der Waals surface area (Å²) in [4.78, 5) is 30.7. The van der Waals surface area contributed by atoms with E-state index in [9.17, 15) is 9.59 Å². The average molecular weight is 557 g/mol. The predicted molar refractivity (Wildman–Crippen MR) is 137 cm³/mol. The van der Waals surface area contributed by atoms with Gasteiger partial charge >= 0.3 is 0 Å². The number of rotatable bonds is 6. The SMILES string of the molecule is COc1cccc(-n2c(SCC(=O)Nc3ccc(I)cc3C)nc3ccccc3c2=O)c1. The van der Waals surface area contributed by atoms with Gasteiger partial charge in [-0.1, -0.05) is 30.0 Å². The maximum Gasteiger partial charge on any atom is 0.266 e. The predicted octanol–water partition coefficient (Wildman–Crippen LogP) is 5.04. The normalized spacial score (nSPS) is 10.8. The Morgan fingerprint density at radius 1 is 1.12 bits per heavy atom. The van der Waals surface area contributed by atoms with Crippen molar-refractivity contribution >= 4 is 56.9 Å². The summed E-state index contributed by atoms with van der Waals surface area (Å²) in [6.07, 6.45) is 0. The number of nitrogens with zero attached hydrogens (tertiary/aromatic N) is 2. The molecular formula is C24H20IN3O3S. The van der Waals surface area contributed by atoms with Gasteiger partial charge in [0, 0.05) is 15.3 Å². The van der Waals surface area contributed by atoms with Gasteiger partial charge in [0.15, 0.2) is 5.16 Å². The summed E-state index contributed by atoms with van der Waals surface area (Å²) in [6, 6.07) is 20.3. The molecule has 0 unspecified atom stereocenters. The lowest BCUT2D eigenvalue weighted by Gasteiger charge is -2.14. The molecule has 0 spiro atoms. The number of aromatic nitrogens is 2. The third-order valence-electron chi connectivity index (χ3n) is 4.85. The van der Waals surface area contributed by atoms with E-state index in [0.717, 1.165) is 14.8 Å². The van der Waals surface area contributed by atoms with E-state index >= 15 is 0 Å². The minimum atomic E-state index is -0.194. The van der Waals surface area contributed by atoms with Gasteiger partial charge < -0.3 is 10.1 Å². The van der Waals surface area contributed by atoms with E-state index in [0.29, 0.717) is 27.5 Å². The van der Waals surface area contributed by atoms with Crippen molar-refractivity contribution in [2.75, 3.05) is 18.2 Å². The molecule has 32 heavy (non-hydrogen) atoms. The minimum Gasteiger partial charge on any atom is -0.497 e. The molecule has 1 N–H and O–H groups in total. The molecule has 1 amide bonds. The van der Waals surface area contributed by atoms with Crippen LogP contribution in [0.25, 0.3) is 16.6 Å². The molecule has 0 aliphatic rings. The number of amides is 1. The Labute approximate surface area is 203 Å². The maximum absolute atomic E-state index is 13.3. The van der Waals surface area contributed by atoms with Crippen LogP contribution in [-0.4, -0.2) is 28.3 Å². The first-order valence-corrected chi connectivity index (χ1v) is 11.9. The van der Waals surface area contributed by atoms with Crippen LogP contribution in [-0.2, 0) is 4.79 Å². The summed E-state index contributed by atoms with van der Waals surface area (Å²) in [5.41, 5.74) is 2.79. The third kappa shape index (κ3) is 4.81. The average Bonchev–Trinajstić information content (AvgIpc) is 2.79. The van der Waals surface area contributed by atoms with Gasteiger partial charge in [0.25, 0.3) is 5.56 Å². The van der Waals surface area contributed by atoms with E-state index in [2.05, 4.69) is 32.9 Å². The highest BCUT2D eigenvalue weighted by molar-refractivity contribution is 14.1. The molecular weight excluding hydrogens is 537 g/mol. The molecule has 0 saturated heterocycles. The molecule has 0 fully saturated rings. The van der Waals surface area contributed by atoms with E-state index in [1.165, 1.54) is 16.3 Å². The van der Waals surface area contributed by atoms with E-state index in [1.54, 1.807) is 25.3 Å². The van der Waals surface area contributed by atoms with Crippen molar-refractivity contribution in [1.82, 2.24) is 9.55 Å². The molecule has 4 rings (SSSR count). The number of ether oxygens (including phenoxy) is 1. The van der Waals surface area contributed by atoms with Crippen LogP contribution in [0.4, 0.5) is 5.69 Å². The van der Waals surface area contributed by atoms with Crippen LogP contribution < -0.4 is 15.6 Å². The van der Waals surface area contributed by atoms with Gasteiger partial charge in [-0.15, -0.1) is 0 Å². The fraction of sp³-hybridized carbons (Fsp3) is 0.125. The number of hydrogen-bond acceptors (Lipinski definition) is 5. The number of methoxy groups -OCH3 is 1. The van der Waals surface area contributed by atoms with Crippen LogP contribution >= 0.6 is 34.4 Å². The van der Waals surface area contributed by atoms with Crippen LogP contribution in [0.5, 0.6) is 5.75 Å². The highest BCUT2D eigenvalue weighted by Gasteiger charge is 2.15. The standard InChI is InChI=1S/C24H20IN3O3S/c1-15-12-16(25)10-11-20(15)26-22(29)14-32-24-27-21-9-4-3-8-19(21)23(30)28(24)17-6-5-7-18(13-17)31-2/h3-13H,14H2,1-2H3,(H,26,29). The van der Waals surface area contributed by atoms with E-state index in [-0.39, 0.29) is 17.2 Å². The largest absolute Gasteiger partial charge is 0.497 e. The molecule has 0 aliphatic heterocycles. The minimum absolute atomic E-state index is 0.111. The number of hydrogen-bond donors (Lipinski definition) is 1. The van der Waals surface area contributed by atoms with Crippen LogP contribution in [0, 0.1) is 10.5 Å². The van der Waals surface area contributed by atoms with E-state index in [4.69, 9.17) is 4.74 Å². The number of thioether (sulfide) groups is 1. The number of para-hydroxylation sites is 1. The number of nitrogens with one attached hydrogen (secondary N) is 1. The van der Waals surface area contributed by atoms with Crippen molar-refractivity contribution in [3.8, 4) is 11.4 Å². The lowest BCUT2D eigenvalue weighted by molar-refractivity contribution is -0.113. The first kappa shape index (κ1) is 22.3. The molecule has 0 atom stereocenters. The molecule has 4 aromatic rings. The summed E-state index contributed by atoms with van der Waals surface area (Å²) in [5.74, 6) is 0.574. The molecule has 8 heteroatoms. The Balaban J connectivity index is 1.68. The second-order valence-corrected chi connectivity index (χ2v) is 9.24. The number of benzene rings is 3. The van der Waals surface area contributed by atoms with Crippen LogP contribution in [0.3, 0.4) is 0 Å². The Morgan fingerprint density at radius 2 is 1.94 bits per heavy atom. The van der Waals surface area contributed by atoms with Crippen LogP contribution in [0.1, 0.15) is 5.56 Å². The topological polar surface area (TPSA) is 73.2 Å². The lowest BCUT2D eigenvalue weighted by atomic mass is 10.2. The van der Waals surface area contributed by atoms with Gasteiger partial charge in [-0.25, -0.2) is 4.98 Å². The second kappa shape index (κ2) is 9.74. The molecule has 1 aromatic heterocycles. The molecule has 0 saturated carbocycles. The monoisotopic (exact) mass is 557 g/mol. The maximum atomic E-state index is 13.3. The zero-order valence-corrected chi connectivity index (χ0v) is 20.4. The van der Waals surface area contributed by atoms with Gasteiger partial charge in [-0.05, 0) is 77.5 Å². The number of anilines is 1. The first-order chi connectivity index (χ1) is 15.5. The summed E-state index contributed by atoms with van der Waals surface area (Å²) in [6.45, 7) is 1.95. The molecule has 162 valence electrons. The quantitative estimate of drug-likeness (QED) is 0.205. The number of halogens is 1. The number of carbonyl (C=O) groups excluding carboxylic acids is 1. The highest BCUT2D eigenvalue weighted by atomic mass is 127. The summed E-state index contributed by atoms with van der Waals surface area (Å²) in [5, 5.41) is 3.89. The molecule has 0 bridgehead atoms. The molecule has 0 radical (unpaired) electrons. The van der Waals surface area contributed by atoms with Crippen molar-refractivity contribution in [3.63, 3.8) is 0 Å². The molecule has 1 heterocycles. The van der Waals surface area contributed by atoms with Crippen molar-refractivity contribution < 1.29 is 9.53 Å². The third-order valence-corrected chi connectivity index (χ3v) is 6.46. The fourth-order valence-electron chi connectivity index (χ4n) is 3.27. The zero-order valence-electron chi connectivity index (χ0n) is 17.5. The number of fused-ring (bicyclic) bond motifs is 1. The smallest absolute Gasteiger partial charge is 0.266 e. The van der Waals surface area contributed by atoms with Gasteiger partial charge in [-0.2, -0.15) is 0 Å². The zero-order chi connectivity index (χ0) is 22.7. The summed E-state index contributed by atoms with van der Waals surface area (Å²) < 4.78 is 7.95. The first-order valence-electron chi connectivity index (χ1n) is 9.81. The van der Waals surface area contributed by atoms with E-state index < -0.39 is 0 Å². The highest BCUT2D eigenvalue weighted by Crippen LogP contribution is 2.24. The van der Waals surface area contributed by atoms with Gasteiger partial charge in [0.2, 0.25) is 5.91 Å². The van der Waals surface area contributed by atoms with Gasteiger partial charge in [0.1, 0.15) is 5.75 Å². The molecule has 0 aliphatic carbocycles. The summed E-state index contributed by atoms with van der Waals surface area (Å²) >= 11 is 3.46. The second-order valence-electron chi connectivity index (χ2n) is 7.05.